The first-order chi connectivity index (χ1) is 18.5. The van der Waals surface area contributed by atoms with E-state index in [1.807, 2.05) is 20.9 Å². The number of hydrogen-bond donors (Lipinski definition) is 1. The van der Waals surface area contributed by atoms with Crippen LogP contribution in [0.3, 0.4) is 0 Å². The molecule has 12 heteroatoms. The van der Waals surface area contributed by atoms with Gasteiger partial charge in [0.15, 0.2) is 0 Å². The van der Waals surface area contributed by atoms with Gasteiger partial charge in [0, 0.05) is 36.1 Å². The molecule has 0 radical (unpaired) electrons. The van der Waals surface area contributed by atoms with E-state index in [-0.39, 0.29) is 22.8 Å². The Morgan fingerprint density at radius 2 is 1.87 bits per heavy atom. The maximum absolute atomic E-state index is 13.8. The fraction of sp³-hybridized carbons (Fsp3) is 0.333. The minimum Gasteiger partial charge on any atom is -0.322 e. The number of alkyl halides is 3. The zero-order valence-corrected chi connectivity index (χ0v) is 22.4. The van der Waals surface area contributed by atoms with Gasteiger partial charge in [-0.25, -0.2) is 4.68 Å². The first-order valence-corrected chi connectivity index (χ1v) is 12.8. The lowest BCUT2D eigenvalue weighted by molar-refractivity contribution is -0.137. The van der Waals surface area contributed by atoms with Crippen molar-refractivity contribution in [3.8, 4) is 16.9 Å². The van der Waals surface area contributed by atoms with Crippen LogP contribution < -0.4 is 5.32 Å². The standard InChI is InChI=1S/C27H27ClF3N7O/c1-16-6-7-18(11-24(16)38-15-23(34-35-38)21-13-32-36(3)17(21)2)26(39)33-20-10-19(14-37-8-4-5-9-37)25(28)22(12-20)27(29,30)31/h6-7,10-13,15H,4-5,8-9,14H2,1-3H3,(H,33,39). The molecule has 4 aromatic rings. The van der Waals surface area contributed by atoms with E-state index in [0.717, 1.165) is 48.8 Å². The fourth-order valence-electron chi connectivity index (χ4n) is 4.72. The number of hydrogen-bond acceptors (Lipinski definition) is 5. The number of carbonyl (C=O) groups excluding carboxylic acids is 1. The quantitative estimate of drug-likeness (QED) is 0.324. The van der Waals surface area contributed by atoms with Crippen LogP contribution >= 0.6 is 11.6 Å². The van der Waals surface area contributed by atoms with Crippen LogP contribution in [-0.4, -0.2) is 48.7 Å². The van der Waals surface area contributed by atoms with Crippen LogP contribution in [0.25, 0.3) is 16.9 Å². The maximum atomic E-state index is 13.8. The van der Waals surface area contributed by atoms with E-state index in [9.17, 15) is 18.0 Å². The molecule has 0 atom stereocenters. The molecule has 1 fully saturated rings. The lowest BCUT2D eigenvalue weighted by Crippen LogP contribution is -2.20. The average molecular weight is 558 g/mol. The molecule has 1 aliphatic heterocycles. The van der Waals surface area contributed by atoms with E-state index in [0.29, 0.717) is 16.9 Å². The first kappa shape index (κ1) is 26.9. The summed E-state index contributed by atoms with van der Waals surface area (Å²) in [5.74, 6) is -0.553. The topological polar surface area (TPSA) is 80.9 Å². The third kappa shape index (κ3) is 5.55. The van der Waals surface area contributed by atoms with Gasteiger partial charge in [-0.1, -0.05) is 22.9 Å². The van der Waals surface area contributed by atoms with Crippen LogP contribution in [0.5, 0.6) is 0 Å². The van der Waals surface area contributed by atoms with Crippen LogP contribution in [0.2, 0.25) is 5.02 Å². The van der Waals surface area contributed by atoms with Crippen molar-refractivity contribution in [1.82, 2.24) is 29.7 Å². The van der Waals surface area contributed by atoms with Crippen LogP contribution in [0.1, 0.15) is 45.6 Å². The smallest absolute Gasteiger partial charge is 0.322 e. The number of likely N-dealkylation sites (tertiary alicyclic amines) is 1. The molecule has 1 N–H and O–H groups in total. The molecule has 2 aromatic heterocycles. The summed E-state index contributed by atoms with van der Waals surface area (Å²) in [6, 6.07) is 7.39. The summed E-state index contributed by atoms with van der Waals surface area (Å²) in [5, 5.41) is 15.0. The Hall–Kier alpha value is -3.70. The number of nitrogens with one attached hydrogen (secondary N) is 1. The largest absolute Gasteiger partial charge is 0.417 e. The van der Waals surface area contributed by atoms with Crippen molar-refractivity contribution in [3.05, 3.63) is 75.7 Å². The molecule has 5 rings (SSSR count). The Morgan fingerprint density at radius 1 is 1.13 bits per heavy atom. The highest BCUT2D eigenvalue weighted by Crippen LogP contribution is 2.39. The van der Waals surface area contributed by atoms with Crippen LogP contribution in [-0.2, 0) is 19.8 Å². The number of nitrogens with zero attached hydrogens (tertiary/aromatic N) is 6. The molecule has 0 saturated carbocycles. The summed E-state index contributed by atoms with van der Waals surface area (Å²) in [6.07, 6.45) is 0.773. The van der Waals surface area contributed by atoms with Crippen LogP contribution in [0.4, 0.5) is 18.9 Å². The molecule has 0 bridgehead atoms. The zero-order chi connectivity index (χ0) is 27.9. The second-order valence-electron chi connectivity index (χ2n) is 9.75. The summed E-state index contributed by atoms with van der Waals surface area (Å²) in [7, 11) is 1.84. The summed E-state index contributed by atoms with van der Waals surface area (Å²) < 4.78 is 44.7. The number of halogens is 4. The van der Waals surface area contributed by atoms with E-state index in [4.69, 9.17) is 11.6 Å². The molecule has 0 unspecified atom stereocenters. The van der Waals surface area contributed by atoms with E-state index in [1.165, 1.54) is 6.07 Å². The number of benzene rings is 2. The lowest BCUT2D eigenvalue weighted by atomic mass is 10.1. The molecule has 8 nitrogen and oxygen atoms in total. The molecule has 39 heavy (non-hydrogen) atoms. The number of amides is 1. The second-order valence-corrected chi connectivity index (χ2v) is 10.1. The van der Waals surface area contributed by atoms with Gasteiger partial charge in [0.2, 0.25) is 0 Å². The Labute approximate surface area is 228 Å². The van der Waals surface area contributed by atoms with E-state index in [2.05, 4.69) is 25.6 Å². The summed E-state index contributed by atoms with van der Waals surface area (Å²) in [4.78, 5) is 15.2. The van der Waals surface area contributed by atoms with Gasteiger partial charge in [0.1, 0.15) is 5.69 Å². The third-order valence-corrected chi connectivity index (χ3v) is 7.47. The number of anilines is 1. The highest BCUT2D eigenvalue weighted by atomic mass is 35.5. The molecule has 2 aromatic carbocycles. The number of aromatic nitrogens is 5. The monoisotopic (exact) mass is 557 g/mol. The Bertz CT molecular complexity index is 1540. The number of rotatable bonds is 6. The van der Waals surface area contributed by atoms with Crippen molar-refractivity contribution >= 4 is 23.2 Å². The van der Waals surface area contributed by atoms with E-state index in [1.54, 1.807) is 40.0 Å². The molecule has 0 spiro atoms. The molecule has 3 heterocycles. The normalized spacial score (nSPS) is 14.2. The predicted octanol–water partition coefficient (Wildman–Crippen LogP) is 5.80. The Morgan fingerprint density at radius 3 is 2.54 bits per heavy atom. The number of aryl methyl sites for hydroxylation is 2. The van der Waals surface area contributed by atoms with Crippen molar-refractivity contribution in [2.45, 2.75) is 39.4 Å². The van der Waals surface area contributed by atoms with Crippen molar-refractivity contribution in [2.75, 3.05) is 18.4 Å². The zero-order valence-electron chi connectivity index (χ0n) is 21.7. The van der Waals surface area contributed by atoms with Crippen LogP contribution in [0, 0.1) is 13.8 Å². The van der Waals surface area contributed by atoms with Crippen molar-refractivity contribution in [2.24, 2.45) is 7.05 Å². The maximum Gasteiger partial charge on any atom is 0.417 e. The minimum atomic E-state index is -4.66. The Kier molecular flexibility index (Phi) is 7.21. The summed E-state index contributed by atoms with van der Waals surface area (Å²) in [5.41, 5.74) is 3.49. The van der Waals surface area contributed by atoms with Crippen LogP contribution in [0.15, 0.2) is 42.7 Å². The van der Waals surface area contributed by atoms with Gasteiger partial charge in [0.25, 0.3) is 5.91 Å². The van der Waals surface area contributed by atoms with Gasteiger partial charge in [-0.2, -0.15) is 18.3 Å². The molecule has 204 valence electrons. The summed E-state index contributed by atoms with van der Waals surface area (Å²) >= 11 is 6.18. The minimum absolute atomic E-state index is 0.0307. The molecule has 0 aliphatic carbocycles. The van der Waals surface area contributed by atoms with Gasteiger partial charge in [-0.3, -0.25) is 14.4 Å². The van der Waals surface area contributed by atoms with E-state index < -0.39 is 17.6 Å². The fourth-order valence-corrected chi connectivity index (χ4v) is 4.99. The highest BCUT2D eigenvalue weighted by molar-refractivity contribution is 6.32. The lowest BCUT2D eigenvalue weighted by Gasteiger charge is -2.20. The summed E-state index contributed by atoms with van der Waals surface area (Å²) in [6.45, 7) is 5.67. The molecule has 1 amide bonds. The predicted molar refractivity (Wildman–Crippen MR) is 142 cm³/mol. The van der Waals surface area contributed by atoms with Gasteiger partial charge in [-0.05, 0) is 75.2 Å². The average Bonchev–Trinajstić information content (AvgIpc) is 3.63. The molecular weight excluding hydrogens is 531 g/mol. The molecule has 1 saturated heterocycles. The van der Waals surface area contributed by atoms with Gasteiger partial charge >= 0.3 is 6.18 Å². The van der Waals surface area contributed by atoms with Gasteiger partial charge in [-0.15, -0.1) is 5.10 Å². The first-order valence-electron chi connectivity index (χ1n) is 12.5. The third-order valence-electron chi connectivity index (χ3n) is 7.03. The van der Waals surface area contributed by atoms with Gasteiger partial charge in [0.05, 0.1) is 28.7 Å². The van der Waals surface area contributed by atoms with Crippen molar-refractivity contribution in [1.29, 1.82) is 0 Å². The second kappa shape index (κ2) is 10.5. The Balaban J connectivity index is 1.43. The molecular formula is C27H27ClF3N7O. The highest BCUT2D eigenvalue weighted by Gasteiger charge is 2.35. The van der Waals surface area contributed by atoms with Crippen molar-refractivity contribution < 1.29 is 18.0 Å². The van der Waals surface area contributed by atoms with Crippen molar-refractivity contribution in [3.63, 3.8) is 0 Å². The van der Waals surface area contributed by atoms with Gasteiger partial charge < -0.3 is 5.32 Å². The van der Waals surface area contributed by atoms with E-state index >= 15 is 0 Å². The SMILES string of the molecule is Cc1ccc(C(=O)Nc2cc(CN3CCCC3)c(Cl)c(C(F)(F)F)c2)cc1-n1cc(-c2cnn(C)c2C)nn1. The molecule has 1 aliphatic rings. The number of carbonyl (C=O) groups is 1.